The van der Waals surface area contributed by atoms with Gasteiger partial charge in [0, 0.05) is 9.50 Å². The predicted octanol–water partition coefficient (Wildman–Crippen LogP) is 1.97. The van der Waals surface area contributed by atoms with Crippen molar-refractivity contribution in [2.45, 2.75) is 13.0 Å². The van der Waals surface area contributed by atoms with Gasteiger partial charge in [-0.25, -0.2) is 0 Å². The van der Waals surface area contributed by atoms with E-state index in [2.05, 4.69) is 26.4 Å². The number of hydrogen-bond donors (Lipinski definition) is 3. The molecule has 0 saturated carbocycles. The molecule has 0 radical (unpaired) electrons. The van der Waals surface area contributed by atoms with Crippen molar-refractivity contribution < 1.29 is 10.0 Å². The number of carbonyl (C=O) groups excluding carboxylic acids is 1. The Labute approximate surface area is 112 Å². The van der Waals surface area contributed by atoms with Gasteiger partial charge in [0.1, 0.15) is 0 Å². The maximum atomic E-state index is 11.8. The first kappa shape index (κ1) is 13.8. The van der Waals surface area contributed by atoms with Gasteiger partial charge in [0.05, 0.1) is 11.6 Å². The van der Waals surface area contributed by atoms with E-state index in [-0.39, 0.29) is 11.7 Å². The molecular formula is C10H11BrClN3O2. The maximum absolute atomic E-state index is 11.8. The number of oxime groups is 1. The molecule has 1 unspecified atom stereocenters. The van der Waals surface area contributed by atoms with Crippen LogP contribution in [0, 0.1) is 0 Å². The van der Waals surface area contributed by atoms with Crippen LogP contribution in [0.25, 0.3) is 0 Å². The highest BCUT2D eigenvalue weighted by Crippen LogP contribution is 2.21. The topological polar surface area (TPSA) is 87.7 Å². The molecule has 0 fully saturated rings. The van der Waals surface area contributed by atoms with Gasteiger partial charge in [-0.3, -0.25) is 4.79 Å². The third kappa shape index (κ3) is 3.61. The quantitative estimate of drug-likeness (QED) is 0.344. The van der Waals surface area contributed by atoms with Gasteiger partial charge in [0.25, 0.3) is 5.91 Å². The molecule has 1 amide bonds. The third-order valence-electron chi connectivity index (χ3n) is 2.08. The molecule has 0 aliphatic heterocycles. The summed E-state index contributed by atoms with van der Waals surface area (Å²) in [5.74, 6) is -0.406. The fourth-order valence-corrected chi connectivity index (χ4v) is 1.97. The lowest BCUT2D eigenvalue weighted by Crippen LogP contribution is -2.42. The smallest absolute Gasteiger partial charge is 0.253 e. The van der Waals surface area contributed by atoms with E-state index in [1.165, 1.54) is 0 Å². The van der Waals surface area contributed by atoms with Crippen molar-refractivity contribution in [1.29, 1.82) is 0 Å². The molecule has 92 valence electrons. The minimum Gasteiger partial charge on any atom is -0.409 e. The van der Waals surface area contributed by atoms with Crippen molar-refractivity contribution in [3.8, 4) is 0 Å². The zero-order valence-corrected chi connectivity index (χ0v) is 11.3. The van der Waals surface area contributed by atoms with Crippen LogP contribution in [-0.4, -0.2) is 23.0 Å². The molecule has 7 heteroatoms. The van der Waals surface area contributed by atoms with Crippen LogP contribution in [-0.2, 0) is 0 Å². The largest absolute Gasteiger partial charge is 0.409 e. The Kier molecular flexibility index (Phi) is 4.77. The van der Waals surface area contributed by atoms with Crippen molar-refractivity contribution in [2.75, 3.05) is 0 Å². The lowest BCUT2D eigenvalue weighted by Gasteiger charge is -2.12. The first-order valence-corrected chi connectivity index (χ1v) is 5.86. The first-order valence-electron chi connectivity index (χ1n) is 4.69. The summed E-state index contributed by atoms with van der Waals surface area (Å²) < 4.78 is 0.578. The lowest BCUT2D eigenvalue weighted by molar-refractivity contribution is 0.0948. The Morgan fingerprint density at radius 1 is 1.65 bits per heavy atom. The standard InChI is InChI=1S/C10H11BrClN3O2/c1-5(9(13)15-17)14-10(16)7-3-2-6(12)4-8(7)11/h2-5,17H,1H3,(H2,13,15)(H,14,16). The van der Waals surface area contributed by atoms with Crippen molar-refractivity contribution in [1.82, 2.24) is 5.32 Å². The number of amidine groups is 1. The summed E-state index contributed by atoms with van der Waals surface area (Å²) in [5.41, 5.74) is 5.78. The summed E-state index contributed by atoms with van der Waals surface area (Å²) in [6.45, 7) is 1.61. The zero-order valence-electron chi connectivity index (χ0n) is 8.95. The number of nitrogens with zero attached hydrogens (tertiary/aromatic N) is 1. The van der Waals surface area contributed by atoms with Crippen LogP contribution in [0.1, 0.15) is 17.3 Å². The number of rotatable bonds is 3. The molecular weight excluding hydrogens is 309 g/mol. The lowest BCUT2D eigenvalue weighted by atomic mass is 10.2. The van der Waals surface area contributed by atoms with Crippen molar-refractivity contribution in [3.05, 3.63) is 33.3 Å². The fourth-order valence-electron chi connectivity index (χ4n) is 1.11. The Morgan fingerprint density at radius 3 is 2.82 bits per heavy atom. The van der Waals surface area contributed by atoms with E-state index in [0.29, 0.717) is 15.1 Å². The predicted molar refractivity (Wildman–Crippen MR) is 69.5 cm³/mol. The minimum atomic E-state index is -0.560. The van der Waals surface area contributed by atoms with Crippen LogP contribution in [0.15, 0.2) is 27.8 Å². The average molecular weight is 321 g/mol. The van der Waals surface area contributed by atoms with Crippen molar-refractivity contribution in [2.24, 2.45) is 10.9 Å². The summed E-state index contributed by atoms with van der Waals surface area (Å²) in [7, 11) is 0. The highest BCUT2D eigenvalue weighted by molar-refractivity contribution is 9.10. The van der Waals surface area contributed by atoms with E-state index in [9.17, 15) is 4.79 Å². The van der Waals surface area contributed by atoms with Gasteiger partial charge in [-0.2, -0.15) is 0 Å². The van der Waals surface area contributed by atoms with E-state index in [4.69, 9.17) is 22.5 Å². The maximum Gasteiger partial charge on any atom is 0.253 e. The summed E-state index contributed by atoms with van der Waals surface area (Å²) in [6.07, 6.45) is 0. The second-order valence-corrected chi connectivity index (χ2v) is 4.63. The Balaban J connectivity index is 2.84. The number of halogens is 2. The average Bonchev–Trinajstić information content (AvgIpc) is 2.27. The van der Waals surface area contributed by atoms with Crippen molar-refractivity contribution in [3.63, 3.8) is 0 Å². The molecule has 1 rings (SSSR count). The summed E-state index contributed by atoms with van der Waals surface area (Å²) in [5, 5.41) is 14.4. The highest BCUT2D eigenvalue weighted by Gasteiger charge is 2.15. The molecule has 5 nitrogen and oxygen atoms in total. The number of nitrogens with one attached hydrogen (secondary N) is 1. The minimum absolute atomic E-state index is 0.0663. The number of nitrogens with two attached hydrogens (primary N) is 1. The van der Waals surface area contributed by atoms with Crippen LogP contribution >= 0.6 is 27.5 Å². The Bertz CT molecular complexity index is 465. The van der Waals surface area contributed by atoms with E-state index >= 15 is 0 Å². The number of carbonyl (C=O) groups is 1. The van der Waals surface area contributed by atoms with Crippen LogP contribution < -0.4 is 11.1 Å². The Morgan fingerprint density at radius 2 is 2.29 bits per heavy atom. The van der Waals surface area contributed by atoms with Gasteiger partial charge >= 0.3 is 0 Å². The molecule has 0 spiro atoms. The highest BCUT2D eigenvalue weighted by atomic mass is 79.9. The van der Waals surface area contributed by atoms with Gasteiger partial charge in [-0.15, -0.1) is 0 Å². The SMILES string of the molecule is CC(NC(=O)c1ccc(Cl)cc1Br)/C(N)=N/O. The molecule has 1 aromatic carbocycles. The zero-order chi connectivity index (χ0) is 13.0. The summed E-state index contributed by atoms with van der Waals surface area (Å²) in [4.78, 5) is 11.8. The molecule has 0 aliphatic carbocycles. The van der Waals surface area contributed by atoms with Crippen LogP contribution in [0.2, 0.25) is 5.02 Å². The van der Waals surface area contributed by atoms with Gasteiger partial charge in [-0.1, -0.05) is 16.8 Å². The number of amides is 1. The van der Waals surface area contributed by atoms with E-state index in [0.717, 1.165) is 0 Å². The van der Waals surface area contributed by atoms with E-state index < -0.39 is 6.04 Å². The summed E-state index contributed by atoms with van der Waals surface area (Å²) >= 11 is 9.00. The van der Waals surface area contributed by atoms with Gasteiger partial charge < -0.3 is 16.3 Å². The molecule has 4 N–H and O–H groups in total. The molecule has 0 saturated heterocycles. The number of hydrogen-bond acceptors (Lipinski definition) is 3. The molecule has 1 aromatic rings. The monoisotopic (exact) mass is 319 g/mol. The molecule has 1 atom stereocenters. The third-order valence-corrected chi connectivity index (χ3v) is 2.97. The second kappa shape index (κ2) is 5.88. The Hall–Kier alpha value is -1.27. The molecule has 0 aromatic heterocycles. The van der Waals surface area contributed by atoms with Crippen LogP contribution in [0.5, 0.6) is 0 Å². The van der Waals surface area contributed by atoms with E-state index in [1.807, 2.05) is 0 Å². The molecule has 0 heterocycles. The van der Waals surface area contributed by atoms with E-state index in [1.54, 1.807) is 25.1 Å². The second-order valence-electron chi connectivity index (χ2n) is 3.34. The normalized spacial score (nSPS) is 13.2. The first-order chi connectivity index (χ1) is 7.95. The van der Waals surface area contributed by atoms with Crippen LogP contribution in [0.4, 0.5) is 0 Å². The van der Waals surface area contributed by atoms with Gasteiger partial charge in [-0.05, 0) is 41.1 Å². The van der Waals surface area contributed by atoms with Crippen molar-refractivity contribution >= 4 is 39.3 Å². The molecule has 17 heavy (non-hydrogen) atoms. The fraction of sp³-hybridized carbons (Fsp3) is 0.200. The molecule has 0 aliphatic rings. The molecule has 0 bridgehead atoms. The van der Waals surface area contributed by atoms with Gasteiger partial charge in [0.2, 0.25) is 0 Å². The van der Waals surface area contributed by atoms with Gasteiger partial charge in [0.15, 0.2) is 5.84 Å². The number of benzene rings is 1. The van der Waals surface area contributed by atoms with Crippen LogP contribution in [0.3, 0.4) is 0 Å². The summed E-state index contributed by atoms with van der Waals surface area (Å²) in [6, 6.07) is 4.25.